The van der Waals surface area contributed by atoms with Gasteiger partial charge in [0.05, 0.1) is 0 Å². The summed E-state index contributed by atoms with van der Waals surface area (Å²) in [4.78, 5) is 25.6. The van der Waals surface area contributed by atoms with Crippen molar-refractivity contribution in [3.8, 4) is 0 Å². The van der Waals surface area contributed by atoms with Crippen LogP contribution in [-0.2, 0) is 22.9 Å². The van der Waals surface area contributed by atoms with Crippen molar-refractivity contribution in [3.63, 3.8) is 0 Å². The summed E-state index contributed by atoms with van der Waals surface area (Å²) in [6.45, 7) is 11.0. The molecule has 7 heteroatoms. The van der Waals surface area contributed by atoms with E-state index < -0.39 is 8.80 Å². The summed E-state index contributed by atoms with van der Waals surface area (Å²) < 4.78 is 16.3. The van der Waals surface area contributed by atoms with Crippen LogP contribution in [0, 0.1) is 0 Å². The average molecular weight is 442 g/mol. The fourth-order valence-corrected chi connectivity index (χ4v) is 5.13. The third-order valence-electron chi connectivity index (χ3n) is 5.27. The molecule has 174 valence electrons. The molecule has 0 saturated heterocycles. The number of amides is 2. The van der Waals surface area contributed by atoms with Gasteiger partial charge in [-0.1, -0.05) is 64.5 Å². The molecule has 0 radical (unpaired) electrons. The maximum Gasteiger partial charge on any atom is 0.500 e. The van der Waals surface area contributed by atoms with Gasteiger partial charge in [-0.15, -0.1) is 0 Å². The van der Waals surface area contributed by atoms with Crippen molar-refractivity contribution < 1.29 is 22.9 Å². The second-order valence-corrected chi connectivity index (χ2v) is 11.0. The molecule has 0 aromatic heterocycles. The van der Waals surface area contributed by atoms with Gasteiger partial charge in [-0.25, -0.2) is 0 Å². The molecule has 0 rings (SSSR count). The highest BCUT2D eigenvalue weighted by Gasteiger charge is 2.36. The first kappa shape index (κ1) is 28.7. The molecule has 0 N–H and O–H groups in total. The lowest BCUT2D eigenvalue weighted by atomic mass is 10.1. The number of rotatable bonds is 18. The Morgan fingerprint density at radius 1 is 0.667 bits per heavy atom. The van der Waals surface area contributed by atoms with Crippen LogP contribution in [0.25, 0.3) is 0 Å². The average Bonchev–Trinajstić information content (AvgIpc) is 2.73. The summed E-state index contributed by atoms with van der Waals surface area (Å²) in [6.07, 6.45) is 11.3. The van der Waals surface area contributed by atoms with Gasteiger partial charge in [-0.3, -0.25) is 14.5 Å². The Bertz CT molecular complexity index is 511. The van der Waals surface area contributed by atoms with Crippen LogP contribution in [0.3, 0.4) is 0 Å². The molecule has 0 unspecified atom stereocenters. The van der Waals surface area contributed by atoms with Crippen molar-refractivity contribution in [2.45, 2.75) is 84.1 Å². The predicted molar refractivity (Wildman–Crippen MR) is 124 cm³/mol. The molecule has 0 fully saturated rings. The molecule has 30 heavy (non-hydrogen) atoms. The Labute approximate surface area is 185 Å². The van der Waals surface area contributed by atoms with Crippen LogP contribution in [0.1, 0.15) is 78.1 Å². The van der Waals surface area contributed by atoms with Crippen molar-refractivity contribution in [3.05, 3.63) is 24.3 Å². The van der Waals surface area contributed by atoms with Gasteiger partial charge in [0.1, 0.15) is 0 Å². The van der Waals surface area contributed by atoms with Gasteiger partial charge >= 0.3 is 8.80 Å². The topological polar surface area (TPSA) is 65.1 Å². The number of nitrogens with zero attached hydrogens (tertiary/aromatic N) is 1. The van der Waals surface area contributed by atoms with Gasteiger partial charge in [-0.2, -0.15) is 0 Å². The van der Waals surface area contributed by atoms with E-state index in [-0.39, 0.29) is 11.8 Å². The van der Waals surface area contributed by atoms with Crippen molar-refractivity contribution in [2.24, 2.45) is 0 Å². The van der Waals surface area contributed by atoms with Gasteiger partial charge in [0.15, 0.2) is 0 Å². The molecule has 0 aliphatic carbocycles. The molecule has 0 saturated carbocycles. The van der Waals surface area contributed by atoms with Crippen molar-refractivity contribution in [1.82, 2.24) is 4.90 Å². The minimum Gasteiger partial charge on any atom is -0.377 e. The predicted octanol–water partition coefficient (Wildman–Crippen LogP) is 5.27. The first-order chi connectivity index (χ1) is 14.2. The molecule has 0 atom stereocenters. The molecule has 6 nitrogen and oxygen atoms in total. The highest BCUT2D eigenvalue weighted by Crippen LogP contribution is 2.18. The molecule has 0 bridgehead atoms. The molecule has 0 aliphatic rings. The van der Waals surface area contributed by atoms with E-state index in [4.69, 9.17) is 13.3 Å². The Morgan fingerprint density at radius 2 is 1.00 bits per heavy atom. The lowest BCUT2D eigenvalue weighted by Crippen LogP contribution is -2.42. The number of unbranched alkanes of at least 4 members (excludes halogenated alkanes) is 9. The summed E-state index contributed by atoms with van der Waals surface area (Å²) in [7, 11) is 2.58. The van der Waals surface area contributed by atoms with E-state index in [1.54, 1.807) is 35.2 Å². The summed E-state index contributed by atoms with van der Waals surface area (Å²) in [5.41, 5.74) is 0.758. The molecular formula is C23H43NO5Si. The number of imide groups is 1. The van der Waals surface area contributed by atoms with Gasteiger partial charge < -0.3 is 13.3 Å². The van der Waals surface area contributed by atoms with E-state index in [0.29, 0.717) is 17.7 Å². The van der Waals surface area contributed by atoms with Gasteiger partial charge in [0.25, 0.3) is 11.8 Å². The molecular weight excluding hydrogens is 398 g/mol. The first-order valence-corrected chi connectivity index (χ1v) is 13.0. The zero-order valence-electron chi connectivity index (χ0n) is 19.9. The molecule has 0 heterocycles. The summed E-state index contributed by atoms with van der Waals surface area (Å²) in [6, 6.07) is 0.870. The molecule has 0 aliphatic heterocycles. The fourth-order valence-electron chi connectivity index (χ4n) is 3.34. The summed E-state index contributed by atoms with van der Waals surface area (Å²) in [5.74, 6) is -0.603. The quantitative estimate of drug-likeness (QED) is 0.165. The van der Waals surface area contributed by atoms with Crippen molar-refractivity contribution >= 4 is 20.6 Å². The van der Waals surface area contributed by atoms with Crippen LogP contribution in [0.4, 0.5) is 0 Å². The van der Waals surface area contributed by atoms with Crippen molar-refractivity contribution in [2.75, 3.05) is 27.9 Å². The molecule has 2 amide bonds. The van der Waals surface area contributed by atoms with E-state index in [2.05, 4.69) is 13.2 Å². The van der Waals surface area contributed by atoms with Crippen LogP contribution < -0.4 is 0 Å². The Kier molecular flexibility index (Phi) is 15.7. The van der Waals surface area contributed by atoms with Crippen molar-refractivity contribution in [1.29, 1.82) is 0 Å². The van der Waals surface area contributed by atoms with E-state index in [1.165, 1.54) is 43.4 Å². The second kappa shape index (κ2) is 16.4. The van der Waals surface area contributed by atoms with E-state index in [1.807, 2.05) is 0 Å². The minimum absolute atomic E-state index is 0.301. The SMILES string of the molecule is C=C(C)C(=O)N(CCCCCCCCCCCC[Si](OC)(OC)OC)C(=O)C(=C)C. The van der Waals surface area contributed by atoms with E-state index in [0.717, 1.165) is 31.7 Å². The lowest BCUT2D eigenvalue weighted by Gasteiger charge is -2.24. The minimum atomic E-state index is -2.40. The number of carbonyl (C=O) groups is 2. The van der Waals surface area contributed by atoms with Gasteiger partial charge in [0.2, 0.25) is 0 Å². The van der Waals surface area contributed by atoms with E-state index >= 15 is 0 Å². The zero-order chi connectivity index (χ0) is 23.0. The third kappa shape index (κ3) is 11.2. The van der Waals surface area contributed by atoms with Crippen LogP contribution in [0.15, 0.2) is 24.3 Å². The van der Waals surface area contributed by atoms with Crippen LogP contribution >= 0.6 is 0 Å². The Morgan fingerprint density at radius 3 is 1.33 bits per heavy atom. The van der Waals surface area contributed by atoms with Crippen LogP contribution in [0.5, 0.6) is 0 Å². The van der Waals surface area contributed by atoms with Crippen LogP contribution in [-0.4, -0.2) is 53.4 Å². The van der Waals surface area contributed by atoms with Gasteiger partial charge in [0, 0.05) is 45.1 Å². The Balaban J connectivity index is 3.82. The normalized spacial score (nSPS) is 11.4. The molecule has 0 aromatic rings. The molecule has 0 spiro atoms. The monoisotopic (exact) mass is 441 g/mol. The number of carbonyl (C=O) groups excluding carboxylic acids is 2. The molecule has 0 aromatic carbocycles. The maximum absolute atomic E-state index is 12.2. The standard InChI is InChI=1S/C23H43NO5Si/c1-20(2)22(25)24(23(26)21(3)4)18-16-14-12-10-8-9-11-13-15-17-19-30(27-5,28-6)29-7/h1,3,8-19H2,2,4-7H3. The highest BCUT2D eigenvalue weighted by atomic mass is 28.4. The number of hydrogen-bond donors (Lipinski definition) is 0. The van der Waals surface area contributed by atoms with E-state index in [9.17, 15) is 9.59 Å². The first-order valence-electron chi connectivity index (χ1n) is 11.1. The largest absolute Gasteiger partial charge is 0.500 e. The summed E-state index contributed by atoms with van der Waals surface area (Å²) in [5, 5.41) is 0. The summed E-state index contributed by atoms with van der Waals surface area (Å²) >= 11 is 0. The lowest BCUT2D eigenvalue weighted by molar-refractivity contribution is -0.140. The smallest absolute Gasteiger partial charge is 0.377 e. The third-order valence-corrected chi connectivity index (χ3v) is 8.10. The zero-order valence-corrected chi connectivity index (χ0v) is 20.9. The maximum atomic E-state index is 12.2. The number of hydrogen-bond acceptors (Lipinski definition) is 5. The Hall–Kier alpha value is -1.28. The second-order valence-electron chi connectivity index (χ2n) is 7.90. The highest BCUT2D eigenvalue weighted by molar-refractivity contribution is 6.60. The fraction of sp³-hybridized carbons (Fsp3) is 0.739. The van der Waals surface area contributed by atoms with Crippen LogP contribution in [0.2, 0.25) is 6.04 Å². The van der Waals surface area contributed by atoms with Gasteiger partial charge in [-0.05, 0) is 26.7 Å².